The highest BCUT2D eigenvalue weighted by atomic mass is 19.1. The molecular formula is C11H11F2N5O2. The summed E-state index contributed by atoms with van der Waals surface area (Å²) >= 11 is 0. The molecule has 0 spiro atoms. The van der Waals surface area contributed by atoms with Crippen molar-refractivity contribution in [2.45, 2.75) is 19.8 Å². The molecule has 2 N–H and O–H groups in total. The van der Waals surface area contributed by atoms with Gasteiger partial charge in [0.1, 0.15) is 5.69 Å². The van der Waals surface area contributed by atoms with Crippen LogP contribution in [-0.2, 0) is 0 Å². The fraction of sp³-hybridized carbons (Fsp3) is 0.273. The van der Waals surface area contributed by atoms with Crippen LogP contribution in [0.25, 0.3) is 5.69 Å². The molecule has 0 fully saturated rings. The monoisotopic (exact) mass is 283 g/mol. The zero-order valence-electron chi connectivity index (χ0n) is 10.7. The number of benzene rings is 1. The third-order valence-corrected chi connectivity index (χ3v) is 2.72. The first-order valence-electron chi connectivity index (χ1n) is 5.67. The smallest absolute Gasteiger partial charge is 0.307 e. The standard InChI is InChI=1S/C11H11F2N5O2/c1-5(2)10-11(14)15-16-17(10)8-4-9(18(19)20)7(13)3-6(8)12/h3-5H,14H2,1-2H3. The molecule has 1 aromatic carbocycles. The molecule has 0 saturated carbocycles. The summed E-state index contributed by atoms with van der Waals surface area (Å²) in [5.41, 5.74) is 4.91. The molecule has 0 bridgehead atoms. The Kier molecular flexibility index (Phi) is 3.35. The highest BCUT2D eigenvalue weighted by molar-refractivity contribution is 5.48. The molecule has 1 heterocycles. The molecule has 0 aliphatic rings. The zero-order valence-corrected chi connectivity index (χ0v) is 10.7. The molecule has 0 unspecified atom stereocenters. The van der Waals surface area contributed by atoms with Gasteiger partial charge in [-0.25, -0.2) is 9.07 Å². The Morgan fingerprint density at radius 1 is 1.35 bits per heavy atom. The minimum Gasteiger partial charge on any atom is -0.381 e. The number of hydrogen-bond donors (Lipinski definition) is 1. The number of halogens is 2. The van der Waals surface area contributed by atoms with E-state index < -0.39 is 22.2 Å². The molecule has 0 radical (unpaired) electrons. The van der Waals surface area contributed by atoms with Crippen LogP contribution in [0.3, 0.4) is 0 Å². The SMILES string of the molecule is CC(C)c1c(N)nnn1-c1cc([N+](=O)[O-])c(F)cc1F. The number of nitro groups is 1. The maximum absolute atomic E-state index is 13.8. The van der Waals surface area contributed by atoms with Crippen LogP contribution < -0.4 is 5.73 Å². The summed E-state index contributed by atoms with van der Waals surface area (Å²) in [6.45, 7) is 3.56. The summed E-state index contributed by atoms with van der Waals surface area (Å²) < 4.78 is 28.2. The number of nitrogens with zero attached hydrogens (tertiary/aromatic N) is 4. The largest absolute Gasteiger partial charge is 0.381 e. The number of anilines is 1. The van der Waals surface area contributed by atoms with Gasteiger partial charge in [-0.1, -0.05) is 19.1 Å². The lowest BCUT2D eigenvalue weighted by molar-refractivity contribution is -0.387. The molecule has 7 nitrogen and oxygen atoms in total. The number of rotatable bonds is 3. The zero-order chi connectivity index (χ0) is 15.0. The Morgan fingerprint density at radius 2 is 2.00 bits per heavy atom. The molecule has 2 rings (SSSR count). The van der Waals surface area contributed by atoms with Crippen LogP contribution in [0, 0.1) is 21.7 Å². The van der Waals surface area contributed by atoms with Gasteiger partial charge in [0.2, 0.25) is 5.82 Å². The highest BCUT2D eigenvalue weighted by Crippen LogP contribution is 2.28. The second kappa shape index (κ2) is 4.83. The van der Waals surface area contributed by atoms with Crippen molar-refractivity contribution in [3.05, 3.63) is 39.6 Å². The molecule has 0 saturated heterocycles. The van der Waals surface area contributed by atoms with Gasteiger partial charge in [0.05, 0.1) is 10.6 Å². The number of hydrogen-bond acceptors (Lipinski definition) is 5. The summed E-state index contributed by atoms with van der Waals surface area (Å²) in [6, 6.07) is 1.21. The van der Waals surface area contributed by atoms with Crippen molar-refractivity contribution in [1.82, 2.24) is 15.0 Å². The first kappa shape index (κ1) is 13.8. The van der Waals surface area contributed by atoms with Gasteiger partial charge in [0.15, 0.2) is 11.6 Å². The second-order valence-corrected chi connectivity index (χ2v) is 4.44. The first-order valence-corrected chi connectivity index (χ1v) is 5.67. The molecule has 1 aromatic heterocycles. The quantitative estimate of drug-likeness (QED) is 0.687. The first-order chi connectivity index (χ1) is 9.32. The third kappa shape index (κ3) is 2.17. The number of aromatic nitrogens is 3. The summed E-state index contributed by atoms with van der Waals surface area (Å²) in [5, 5.41) is 18.0. The van der Waals surface area contributed by atoms with Gasteiger partial charge in [-0.2, -0.15) is 4.39 Å². The second-order valence-electron chi connectivity index (χ2n) is 4.44. The van der Waals surface area contributed by atoms with Gasteiger partial charge in [-0.05, 0) is 5.92 Å². The van der Waals surface area contributed by atoms with Gasteiger partial charge >= 0.3 is 5.69 Å². The molecule has 9 heteroatoms. The summed E-state index contributed by atoms with van der Waals surface area (Å²) in [4.78, 5) is 9.78. The van der Waals surface area contributed by atoms with Gasteiger partial charge in [0, 0.05) is 12.1 Å². The van der Waals surface area contributed by atoms with E-state index in [0.29, 0.717) is 11.8 Å². The lowest BCUT2D eigenvalue weighted by Crippen LogP contribution is -2.08. The van der Waals surface area contributed by atoms with Crippen LogP contribution in [0.2, 0.25) is 0 Å². The molecule has 2 aromatic rings. The van der Waals surface area contributed by atoms with Crippen LogP contribution in [0.1, 0.15) is 25.5 Å². The van der Waals surface area contributed by atoms with E-state index in [1.807, 2.05) is 0 Å². The van der Waals surface area contributed by atoms with Gasteiger partial charge < -0.3 is 5.73 Å². The molecule has 106 valence electrons. The Labute approximate surface area is 112 Å². The van der Waals surface area contributed by atoms with Gasteiger partial charge in [0.25, 0.3) is 0 Å². The average Bonchev–Trinajstić information content (AvgIpc) is 2.70. The molecular weight excluding hydrogens is 272 g/mol. The predicted octanol–water partition coefficient (Wildman–Crippen LogP) is 2.16. The fourth-order valence-corrected chi connectivity index (χ4v) is 1.85. The Morgan fingerprint density at radius 3 is 2.55 bits per heavy atom. The van der Waals surface area contributed by atoms with E-state index in [1.165, 1.54) is 0 Å². The van der Waals surface area contributed by atoms with E-state index in [2.05, 4.69) is 10.3 Å². The summed E-state index contributed by atoms with van der Waals surface area (Å²) in [5.74, 6) is -2.30. The van der Waals surface area contributed by atoms with Crippen LogP contribution in [0.15, 0.2) is 12.1 Å². The summed E-state index contributed by atoms with van der Waals surface area (Å²) in [7, 11) is 0. The number of nitrogens with two attached hydrogens (primary N) is 1. The lowest BCUT2D eigenvalue weighted by Gasteiger charge is -2.10. The van der Waals surface area contributed by atoms with Crippen molar-refractivity contribution in [3.63, 3.8) is 0 Å². The Hall–Kier alpha value is -2.58. The fourth-order valence-electron chi connectivity index (χ4n) is 1.85. The van der Waals surface area contributed by atoms with Crippen molar-refractivity contribution in [2.24, 2.45) is 0 Å². The van der Waals surface area contributed by atoms with E-state index in [0.717, 1.165) is 10.7 Å². The molecule has 20 heavy (non-hydrogen) atoms. The Bertz CT molecular complexity index is 684. The average molecular weight is 283 g/mol. The molecule has 0 aliphatic heterocycles. The minimum atomic E-state index is -1.25. The topological polar surface area (TPSA) is 99.9 Å². The van der Waals surface area contributed by atoms with E-state index in [9.17, 15) is 18.9 Å². The Balaban J connectivity index is 2.70. The molecule has 0 amide bonds. The summed E-state index contributed by atoms with van der Waals surface area (Å²) in [6.07, 6.45) is 0. The molecule has 0 atom stereocenters. The van der Waals surface area contributed by atoms with Crippen molar-refractivity contribution in [3.8, 4) is 5.69 Å². The van der Waals surface area contributed by atoms with Gasteiger partial charge in [-0.3, -0.25) is 10.1 Å². The van der Waals surface area contributed by atoms with Crippen molar-refractivity contribution in [1.29, 1.82) is 0 Å². The lowest BCUT2D eigenvalue weighted by atomic mass is 10.1. The normalized spacial score (nSPS) is 11.1. The predicted molar refractivity (Wildman–Crippen MR) is 66.4 cm³/mol. The maximum Gasteiger partial charge on any atom is 0.307 e. The van der Waals surface area contributed by atoms with Gasteiger partial charge in [-0.15, -0.1) is 5.10 Å². The van der Waals surface area contributed by atoms with Crippen LogP contribution in [0.4, 0.5) is 20.3 Å². The van der Waals surface area contributed by atoms with Crippen LogP contribution in [0.5, 0.6) is 0 Å². The number of nitrogen functional groups attached to an aromatic ring is 1. The van der Waals surface area contributed by atoms with E-state index in [4.69, 9.17) is 5.73 Å². The van der Waals surface area contributed by atoms with E-state index in [1.54, 1.807) is 13.8 Å². The van der Waals surface area contributed by atoms with E-state index in [-0.39, 0.29) is 17.4 Å². The highest BCUT2D eigenvalue weighted by Gasteiger charge is 2.23. The van der Waals surface area contributed by atoms with Crippen LogP contribution >= 0.6 is 0 Å². The van der Waals surface area contributed by atoms with Crippen molar-refractivity contribution in [2.75, 3.05) is 5.73 Å². The third-order valence-electron chi connectivity index (χ3n) is 2.72. The van der Waals surface area contributed by atoms with Crippen molar-refractivity contribution >= 4 is 11.5 Å². The number of nitro benzene ring substituents is 1. The van der Waals surface area contributed by atoms with E-state index >= 15 is 0 Å². The van der Waals surface area contributed by atoms with Crippen LogP contribution in [-0.4, -0.2) is 19.9 Å². The minimum absolute atomic E-state index is 0.0892. The maximum atomic E-state index is 13.8. The molecule has 0 aliphatic carbocycles. The van der Waals surface area contributed by atoms with Crippen molar-refractivity contribution < 1.29 is 13.7 Å².